The lowest BCUT2D eigenvalue weighted by atomic mass is 9.94. The average molecular weight is 503 g/mol. The Kier molecular flexibility index (Phi) is 9.34. The van der Waals surface area contributed by atoms with Gasteiger partial charge in [0.15, 0.2) is 0 Å². The third kappa shape index (κ3) is 6.44. The second kappa shape index (κ2) is 12.9. The van der Waals surface area contributed by atoms with Crippen LogP contribution in [0.4, 0.5) is 5.69 Å². The van der Waals surface area contributed by atoms with Gasteiger partial charge in [-0.25, -0.2) is 0 Å². The number of carbonyl (C=O) groups excluding carboxylic acids is 1. The van der Waals surface area contributed by atoms with E-state index in [1.54, 1.807) is 11.3 Å². The Morgan fingerprint density at radius 3 is 2.42 bits per heavy atom. The Morgan fingerprint density at radius 1 is 1.03 bits per heavy atom. The molecule has 6 heteroatoms. The fraction of sp³-hybridized carbons (Fsp3) is 0.367. The molecule has 1 aliphatic heterocycles. The summed E-state index contributed by atoms with van der Waals surface area (Å²) in [5.41, 5.74) is 4.37. The Hall–Kier alpha value is -2.93. The fourth-order valence-electron chi connectivity index (χ4n) is 4.92. The molecule has 36 heavy (non-hydrogen) atoms. The summed E-state index contributed by atoms with van der Waals surface area (Å²) in [7, 11) is 0. The molecule has 1 N–H and O–H groups in total. The highest BCUT2D eigenvalue weighted by atomic mass is 32.1. The first-order valence-corrected chi connectivity index (χ1v) is 13.8. The van der Waals surface area contributed by atoms with E-state index in [4.69, 9.17) is 0 Å². The topological polar surface area (TPSA) is 38.8 Å². The van der Waals surface area contributed by atoms with E-state index in [9.17, 15) is 4.79 Å². The molecule has 1 atom stereocenters. The molecule has 2 aromatic carbocycles. The van der Waals surface area contributed by atoms with Crippen molar-refractivity contribution in [1.29, 1.82) is 0 Å². The van der Waals surface area contributed by atoms with Crippen molar-refractivity contribution in [2.45, 2.75) is 26.4 Å². The molecule has 1 saturated heterocycles. The molecule has 4 rings (SSSR count). The molecule has 0 bridgehead atoms. The minimum Gasteiger partial charge on any atom is -0.380 e. The largest absolute Gasteiger partial charge is 0.380 e. The summed E-state index contributed by atoms with van der Waals surface area (Å²) in [6.45, 7) is 15.2. The molecule has 190 valence electrons. The first-order chi connectivity index (χ1) is 17.6. The van der Waals surface area contributed by atoms with Crippen molar-refractivity contribution in [3.8, 4) is 0 Å². The average Bonchev–Trinajstić information content (AvgIpc) is 3.44. The van der Waals surface area contributed by atoms with Crippen LogP contribution >= 0.6 is 11.3 Å². The summed E-state index contributed by atoms with van der Waals surface area (Å²) in [6.07, 6.45) is 1.99. The Labute approximate surface area is 220 Å². The number of hydrogen-bond donors (Lipinski definition) is 1. The highest BCUT2D eigenvalue weighted by Gasteiger charge is 2.27. The van der Waals surface area contributed by atoms with E-state index in [0.29, 0.717) is 0 Å². The lowest BCUT2D eigenvalue weighted by Gasteiger charge is -2.39. The number of nitrogens with zero attached hydrogens (tertiary/aromatic N) is 3. The molecule has 0 spiro atoms. The number of carbonyl (C=O) groups is 1. The molecule has 2 heterocycles. The number of piperazine rings is 1. The standard InChI is InChI=1S/C30H38N4OS/c1-4-16-32-17-19-34(20-18-32)29(24-12-14-25(15-13-24)30(35)33(5-2)6-3)26-9-7-10-27(22-26)31-23-28-11-8-21-36-28/h4,7-15,21-22,29,31H,1,5-6,16-20,23H2,2-3H3. The summed E-state index contributed by atoms with van der Waals surface area (Å²) in [4.78, 5) is 21.1. The lowest BCUT2D eigenvalue weighted by molar-refractivity contribution is 0.0773. The molecule has 0 saturated carbocycles. The molecule has 1 aromatic heterocycles. The summed E-state index contributed by atoms with van der Waals surface area (Å²) in [5, 5.41) is 5.71. The van der Waals surface area contributed by atoms with Crippen molar-refractivity contribution in [3.05, 3.63) is 100 Å². The lowest BCUT2D eigenvalue weighted by Crippen LogP contribution is -2.47. The smallest absolute Gasteiger partial charge is 0.253 e. The number of rotatable bonds is 11. The highest BCUT2D eigenvalue weighted by molar-refractivity contribution is 7.09. The predicted molar refractivity (Wildman–Crippen MR) is 152 cm³/mol. The number of thiophene rings is 1. The number of amides is 1. The van der Waals surface area contributed by atoms with Gasteiger partial charge in [0, 0.05) is 68.5 Å². The van der Waals surface area contributed by atoms with Gasteiger partial charge in [-0.2, -0.15) is 0 Å². The maximum atomic E-state index is 12.9. The zero-order valence-electron chi connectivity index (χ0n) is 21.5. The normalized spacial score (nSPS) is 15.4. The van der Waals surface area contributed by atoms with Gasteiger partial charge in [0.1, 0.15) is 0 Å². The van der Waals surface area contributed by atoms with Crippen LogP contribution in [-0.4, -0.2) is 66.4 Å². The minimum absolute atomic E-state index is 0.0981. The van der Waals surface area contributed by atoms with Crippen molar-refractivity contribution in [1.82, 2.24) is 14.7 Å². The molecular weight excluding hydrogens is 464 g/mol. The van der Waals surface area contributed by atoms with E-state index >= 15 is 0 Å². The number of anilines is 1. The van der Waals surface area contributed by atoms with Crippen LogP contribution in [0.1, 0.15) is 46.3 Å². The van der Waals surface area contributed by atoms with E-state index in [0.717, 1.165) is 63.6 Å². The van der Waals surface area contributed by atoms with Gasteiger partial charge >= 0.3 is 0 Å². The first-order valence-electron chi connectivity index (χ1n) is 13.0. The molecule has 1 aliphatic rings. The van der Waals surface area contributed by atoms with Crippen LogP contribution in [0.5, 0.6) is 0 Å². The van der Waals surface area contributed by atoms with Crippen LogP contribution in [-0.2, 0) is 6.54 Å². The SMILES string of the molecule is C=CCN1CCN(C(c2ccc(C(=O)N(CC)CC)cc2)c2cccc(NCc3cccs3)c2)CC1. The minimum atomic E-state index is 0.0981. The summed E-state index contributed by atoms with van der Waals surface area (Å²) in [6, 6.07) is 21.5. The third-order valence-corrected chi connectivity index (χ3v) is 7.81. The summed E-state index contributed by atoms with van der Waals surface area (Å²) in [5.74, 6) is 0.0981. The molecule has 3 aromatic rings. The van der Waals surface area contributed by atoms with Crippen LogP contribution in [0.15, 0.2) is 78.7 Å². The maximum Gasteiger partial charge on any atom is 0.253 e. The quantitative estimate of drug-likeness (QED) is 0.340. The van der Waals surface area contributed by atoms with Crippen molar-refractivity contribution in [2.75, 3.05) is 51.1 Å². The summed E-state index contributed by atoms with van der Waals surface area (Å²) >= 11 is 1.77. The van der Waals surface area contributed by atoms with Gasteiger partial charge < -0.3 is 10.2 Å². The molecule has 0 radical (unpaired) electrons. The zero-order chi connectivity index (χ0) is 25.3. The molecule has 0 aliphatic carbocycles. The van der Waals surface area contributed by atoms with E-state index in [1.165, 1.54) is 16.0 Å². The second-order valence-corrected chi connectivity index (χ2v) is 10.2. The van der Waals surface area contributed by atoms with Crippen LogP contribution < -0.4 is 5.32 Å². The van der Waals surface area contributed by atoms with Crippen molar-refractivity contribution < 1.29 is 4.79 Å². The van der Waals surface area contributed by atoms with Gasteiger partial charge in [-0.15, -0.1) is 17.9 Å². The number of benzene rings is 2. The van der Waals surface area contributed by atoms with E-state index < -0.39 is 0 Å². The summed E-state index contributed by atoms with van der Waals surface area (Å²) < 4.78 is 0. The van der Waals surface area contributed by atoms with Gasteiger partial charge in [0.05, 0.1) is 6.04 Å². The van der Waals surface area contributed by atoms with Crippen molar-refractivity contribution >= 4 is 22.9 Å². The van der Waals surface area contributed by atoms with Gasteiger partial charge in [-0.05, 0) is 60.7 Å². The second-order valence-electron chi connectivity index (χ2n) is 9.19. The zero-order valence-corrected chi connectivity index (χ0v) is 22.3. The molecular formula is C30H38N4OS. The monoisotopic (exact) mass is 502 g/mol. The number of hydrogen-bond acceptors (Lipinski definition) is 5. The van der Waals surface area contributed by atoms with Gasteiger partial charge in [0.25, 0.3) is 5.91 Å². The van der Waals surface area contributed by atoms with Crippen molar-refractivity contribution in [2.24, 2.45) is 0 Å². The van der Waals surface area contributed by atoms with Crippen LogP contribution in [0.3, 0.4) is 0 Å². The highest BCUT2D eigenvalue weighted by Crippen LogP contribution is 2.32. The molecule has 1 amide bonds. The first kappa shape index (κ1) is 26.1. The van der Waals surface area contributed by atoms with Gasteiger partial charge in [0.2, 0.25) is 0 Å². The van der Waals surface area contributed by atoms with Crippen molar-refractivity contribution in [3.63, 3.8) is 0 Å². The fourth-order valence-corrected chi connectivity index (χ4v) is 5.57. The maximum absolute atomic E-state index is 12.9. The Morgan fingerprint density at radius 2 is 1.78 bits per heavy atom. The van der Waals surface area contributed by atoms with E-state index in [-0.39, 0.29) is 11.9 Å². The number of nitrogens with one attached hydrogen (secondary N) is 1. The van der Waals surface area contributed by atoms with Crippen LogP contribution in [0.25, 0.3) is 0 Å². The van der Waals surface area contributed by atoms with Crippen LogP contribution in [0, 0.1) is 0 Å². The third-order valence-electron chi connectivity index (χ3n) is 6.93. The molecule has 1 fully saturated rings. The van der Waals surface area contributed by atoms with Gasteiger partial charge in [-0.1, -0.05) is 36.4 Å². The van der Waals surface area contributed by atoms with E-state index in [2.05, 4.69) is 75.6 Å². The van der Waals surface area contributed by atoms with Gasteiger partial charge in [-0.3, -0.25) is 14.6 Å². The Balaban J connectivity index is 1.59. The van der Waals surface area contributed by atoms with E-state index in [1.807, 2.05) is 37.0 Å². The molecule has 5 nitrogen and oxygen atoms in total. The van der Waals surface area contributed by atoms with Crippen LogP contribution in [0.2, 0.25) is 0 Å². The predicted octanol–water partition coefficient (Wildman–Crippen LogP) is 5.74. The molecule has 1 unspecified atom stereocenters. The Bertz CT molecular complexity index is 1100.